The average molecular weight is 350 g/mol. The zero-order valence-corrected chi connectivity index (χ0v) is 12.6. The number of halogens is 1. The Morgan fingerprint density at radius 1 is 1.52 bits per heavy atom. The van der Waals surface area contributed by atoms with E-state index in [2.05, 4.69) is 31.7 Å². The molecule has 0 aliphatic carbocycles. The predicted octanol–water partition coefficient (Wildman–Crippen LogP) is 0.946. The number of amides is 2. The van der Waals surface area contributed by atoms with Gasteiger partial charge in [0.1, 0.15) is 6.04 Å². The number of carbonyl (C=O) groups is 2. The lowest BCUT2D eigenvalue weighted by molar-refractivity contribution is -0.117. The standard InChI is InChI=1S/C13H12BrN5O2/c1-16-11-7-2-8(14)10(3-9(7)18-13(11)21)19-5-6(4-17-19)12(15)20/h2-5,11,16H,1H3,(H2,15,20)(H,18,21). The molecule has 1 atom stereocenters. The SMILES string of the molecule is CNC1C(=O)Nc2cc(-n3cc(C(N)=O)cn3)c(Br)cc21. The highest BCUT2D eigenvalue weighted by atomic mass is 79.9. The number of hydrogen-bond acceptors (Lipinski definition) is 4. The topological polar surface area (TPSA) is 102 Å². The number of nitrogens with zero attached hydrogens (tertiary/aromatic N) is 2. The van der Waals surface area contributed by atoms with Crippen LogP contribution in [0.15, 0.2) is 29.0 Å². The number of fused-ring (bicyclic) bond motifs is 1. The van der Waals surface area contributed by atoms with Gasteiger partial charge in [0.2, 0.25) is 5.91 Å². The Morgan fingerprint density at radius 3 is 2.90 bits per heavy atom. The van der Waals surface area contributed by atoms with E-state index in [-0.39, 0.29) is 11.9 Å². The number of likely N-dealkylation sites (N-methyl/N-ethyl adjacent to an activating group) is 1. The summed E-state index contributed by atoms with van der Waals surface area (Å²) in [4.78, 5) is 23.0. The van der Waals surface area contributed by atoms with Crippen molar-refractivity contribution in [2.75, 3.05) is 12.4 Å². The summed E-state index contributed by atoms with van der Waals surface area (Å²) in [5.74, 6) is -0.642. The number of anilines is 1. The van der Waals surface area contributed by atoms with Crippen LogP contribution in [0, 0.1) is 0 Å². The van der Waals surface area contributed by atoms with Crippen molar-refractivity contribution < 1.29 is 9.59 Å². The molecular formula is C13H12BrN5O2. The fraction of sp³-hybridized carbons (Fsp3) is 0.154. The van der Waals surface area contributed by atoms with Crippen LogP contribution in [0.4, 0.5) is 5.69 Å². The zero-order valence-electron chi connectivity index (χ0n) is 11.1. The molecule has 0 bridgehead atoms. The normalized spacial score (nSPS) is 16.7. The highest BCUT2D eigenvalue weighted by Gasteiger charge is 2.30. The van der Waals surface area contributed by atoms with Crippen molar-refractivity contribution in [1.82, 2.24) is 15.1 Å². The van der Waals surface area contributed by atoms with Gasteiger partial charge < -0.3 is 16.4 Å². The fourth-order valence-corrected chi connectivity index (χ4v) is 2.86. The van der Waals surface area contributed by atoms with E-state index in [4.69, 9.17) is 5.73 Å². The van der Waals surface area contributed by atoms with E-state index in [1.54, 1.807) is 19.3 Å². The van der Waals surface area contributed by atoms with Gasteiger partial charge in [0, 0.05) is 21.9 Å². The summed E-state index contributed by atoms with van der Waals surface area (Å²) in [6.07, 6.45) is 2.94. The van der Waals surface area contributed by atoms with Crippen LogP contribution in [-0.4, -0.2) is 28.6 Å². The van der Waals surface area contributed by atoms with Crippen molar-refractivity contribution in [3.63, 3.8) is 0 Å². The minimum atomic E-state index is -0.540. The van der Waals surface area contributed by atoms with E-state index >= 15 is 0 Å². The number of primary amides is 1. The maximum atomic E-state index is 11.8. The molecule has 1 aromatic heterocycles. The van der Waals surface area contributed by atoms with Gasteiger partial charge in [-0.05, 0) is 35.1 Å². The van der Waals surface area contributed by atoms with Crippen LogP contribution in [0.5, 0.6) is 0 Å². The number of rotatable bonds is 3. The fourth-order valence-electron chi connectivity index (χ4n) is 2.31. The van der Waals surface area contributed by atoms with Crippen molar-refractivity contribution in [1.29, 1.82) is 0 Å². The highest BCUT2D eigenvalue weighted by molar-refractivity contribution is 9.10. The lowest BCUT2D eigenvalue weighted by atomic mass is 10.1. The summed E-state index contributed by atoms with van der Waals surface area (Å²) < 4.78 is 2.29. The molecule has 0 spiro atoms. The molecule has 8 heteroatoms. The molecule has 2 amide bonds. The maximum absolute atomic E-state index is 11.8. The van der Waals surface area contributed by atoms with E-state index in [0.29, 0.717) is 16.9 Å². The van der Waals surface area contributed by atoms with E-state index < -0.39 is 5.91 Å². The maximum Gasteiger partial charge on any atom is 0.251 e. The van der Waals surface area contributed by atoms with Gasteiger partial charge in [-0.1, -0.05) is 0 Å². The number of nitrogens with one attached hydrogen (secondary N) is 2. The first-order valence-corrected chi connectivity index (χ1v) is 6.97. The molecule has 21 heavy (non-hydrogen) atoms. The molecule has 3 rings (SSSR count). The molecule has 1 unspecified atom stereocenters. The summed E-state index contributed by atoms with van der Waals surface area (Å²) in [6, 6.07) is 3.28. The number of aromatic nitrogens is 2. The van der Waals surface area contributed by atoms with Crippen LogP contribution < -0.4 is 16.4 Å². The van der Waals surface area contributed by atoms with Crippen LogP contribution in [-0.2, 0) is 4.79 Å². The second-order valence-corrected chi connectivity index (χ2v) is 5.49. The largest absolute Gasteiger partial charge is 0.366 e. The van der Waals surface area contributed by atoms with E-state index in [9.17, 15) is 9.59 Å². The second kappa shape index (κ2) is 4.97. The third-order valence-corrected chi connectivity index (χ3v) is 3.99. The van der Waals surface area contributed by atoms with Crippen LogP contribution in [0.1, 0.15) is 22.0 Å². The quantitative estimate of drug-likeness (QED) is 0.767. The minimum Gasteiger partial charge on any atom is -0.366 e. The van der Waals surface area contributed by atoms with Crippen molar-refractivity contribution in [3.05, 3.63) is 40.1 Å². The molecule has 1 aliphatic heterocycles. The number of nitrogens with two attached hydrogens (primary N) is 1. The number of carbonyl (C=O) groups excluding carboxylic acids is 2. The molecular weight excluding hydrogens is 338 g/mol. The molecule has 2 heterocycles. The lowest BCUT2D eigenvalue weighted by Gasteiger charge is -2.10. The number of hydrogen-bond donors (Lipinski definition) is 3. The summed E-state index contributed by atoms with van der Waals surface area (Å²) >= 11 is 3.47. The summed E-state index contributed by atoms with van der Waals surface area (Å²) in [5, 5.41) is 9.88. The van der Waals surface area contributed by atoms with E-state index in [0.717, 1.165) is 10.0 Å². The first-order chi connectivity index (χ1) is 10.0. The third-order valence-electron chi connectivity index (χ3n) is 3.35. The Balaban J connectivity index is 2.07. The Hall–Kier alpha value is -2.19. The van der Waals surface area contributed by atoms with Crippen LogP contribution >= 0.6 is 15.9 Å². The van der Waals surface area contributed by atoms with Gasteiger partial charge in [-0.25, -0.2) is 4.68 Å². The van der Waals surface area contributed by atoms with Gasteiger partial charge in [-0.2, -0.15) is 5.10 Å². The van der Waals surface area contributed by atoms with Crippen LogP contribution in [0.3, 0.4) is 0 Å². The Morgan fingerprint density at radius 2 is 2.29 bits per heavy atom. The number of benzene rings is 1. The first kappa shape index (κ1) is 13.8. The molecule has 4 N–H and O–H groups in total. The van der Waals surface area contributed by atoms with Gasteiger partial charge in [-0.15, -0.1) is 0 Å². The minimum absolute atomic E-state index is 0.102. The predicted molar refractivity (Wildman–Crippen MR) is 80.2 cm³/mol. The van der Waals surface area contributed by atoms with Crippen LogP contribution in [0.2, 0.25) is 0 Å². The third kappa shape index (κ3) is 2.22. The molecule has 0 saturated heterocycles. The monoisotopic (exact) mass is 349 g/mol. The average Bonchev–Trinajstić information content (AvgIpc) is 3.01. The second-order valence-electron chi connectivity index (χ2n) is 4.64. The first-order valence-electron chi connectivity index (χ1n) is 6.17. The van der Waals surface area contributed by atoms with Gasteiger partial charge in [-0.3, -0.25) is 9.59 Å². The smallest absolute Gasteiger partial charge is 0.251 e. The highest BCUT2D eigenvalue weighted by Crippen LogP contribution is 2.36. The van der Waals surface area contributed by atoms with E-state index in [1.165, 1.54) is 10.9 Å². The summed E-state index contributed by atoms with van der Waals surface area (Å²) in [5.41, 5.74) is 7.82. The van der Waals surface area contributed by atoms with Crippen molar-refractivity contribution >= 4 is 33.4 Å². The molecule has 1 aromatic carbocycles. The Kier molecular flexibility index (Phi) is 3.26. The molecule has 0 fully saturated rings. The van der Waals surface area contributed by atoms with Gasteiger partial charge >= 0.3 is 0 Å². The van der Waals surface area contributed by atoms with Gasteiger partial charge in [0.05, 0.1) is 17.4 Å². The van der Waals surface area contributed by atoms with Crippen LogP contribution in [0.25, 0.3) is 5.69 Å². The van der Waals surface area contributed by atoms with Gasteiger partial charge in [0.15, 0.2) is 0 Å². The Labute approximate surface area is 128 Å². The summed E-state index contributed by atoms with van der Waals surface area (Å²) in [7, 11) is 1.73. The van der Waals surface area contributed by atoms with Gasteiger partial charge in [0.25, 0.3) is 5.91 Å². The van der Waals surface area contributed by atoms with Crippen molar-refractivity contribution in [2.24, 2.45) is 5.73 Å². The summed E-state index contributed by atoms with van der Waals surface area (Å²) in [6.45, 7) is 0. The molecule has 7 nitrogen and oxygen atoms in total. The Bertz CT molecular complexity index is 755. The zero-order chi connectivity index (χ0) is 15.1. The molecule has 0 saturated carbocycles. The van der Waals surface area contributed by atoms with E-state index in [1.807, 2.05) is 6.07 Å². The molecule has 1 aliphatic rings. The molecule has 2 aromatic rings. The molecule has 0 radical (unpaired) electrons. The molecule has 108 valence electrons. The lowest BCUT2D eigenvalue weighted by Crippen LogP contribution is -2.23. The van der Waals surface area contributed by atoms with Crippen molar-refractivity contribution in [2.45, 2.75) is 6.04 Å². The van der Waals surface area contributed by atoms with Crippen molar-refractivity contribution in [3.8, 4) is 5.69 Å².